The number of hydrogen-bond acceptors (Lipinski definition) is 4. The second-order valence-electron chi connectivity index (χ2n) is 5.43. The molecule has 10 heteroatoms. The van der Waals surface area contributed by atoms with Crippen LogP contribution in [0.3, 0.4) is 0 Å². The maximum absolute atomic E-state index is 12.5. The lowest BCUT2D eigenvalue weighted by Crippen LogP contribution is -3.17. The Bertz CT molecular complexity index is 706. The summed E-state index contributed by atoms with van der Waals surface area (Å²) < 4.78 is 66.4. The predicted molar refractivity (Wildman–Crippen MR) is 77.7 cm³/mol. The Hall–Kier alpha value is -1.83. The maximum atomic E-state index is 12.5. The average Bonchev–Trinajstić information content (AvgIpc) is 2.53. The molecule has 2 rings (SSSR count). The fourth-order valence-corrected chi connectivity index (χ4v) is 3.94. The van der Waals surface area contributed by atoms with Crippen LogP contribution < -0.4 is 9.64 Å². The second-order valence-corrected chi connectivity index (χ2v) is 7.37. The molecule has 0 aliphatic carbocycles. The summed E-state index contributed by atoms with van der Waals surface area (Å²) >= 11 is 0. The first-order chi connectivity index (χ1) is 11.1. The third kappa shape index (κ3) is 4.37. The second kappa shape index (κ2) is 6.96. The number of nitrogens with one attached hydrogen (secondary N) is 1. The number of halogens is 3. The highest BCUT2D eigenvalue weighted by Crippen LogP contribution is 2.25. The number of ether oxygens (including phenoxy) is 1. The van der Waals surface area contributed by atoms with Gasteiger partial charge in [0.05, 0.1) is 31.1 Å². The SMILES string of the molecule is C[C@@H](C#N)[NH+]1CCN(S(=O)(=O)c2ccc(OC(F)(F)F)cc2)CC1. The van der Waals surface area contributed by atoms with Crippen molar-refractivity contribution >= 4 is 10.0 Å². The lowest BCUT2D eigenvalue weighted by molar-refractivity contribution is -0.918. The lowest BCUT2D eigenvalue weighted by Gasteiger charge is -2.32. The predicted octanol–water partition coefficient (Wildman–Crippen LogP) is 0.386. The smallest absolute Gasteiger partial charge is 0.406 e. The average molecular weight is 364 g/mol. The Morgan fingerprint density at radius 2 is 1.79 bits per heavy atom. The minimum atomic E-state index is -4.82. The number of rotatable bonds is 4. The number of quaternary nitrogens is 1. The van der Waals surface area contributed by atoms with Crippen molar-refractivity contribution in [1.29, 1.82) is 5.26 Å². The van der Waals surface area contributed by atoms with Crippen LogP contribution in [0.15, 0.2) is 29.2 Å². The summed E-state index contributed by atoms with van der Waals surface area (Å²) in [7, 11) is -3.78. The van der Waals surface area contributed by atoms with Crippen LogP contribution in [0.25, 0.3) is 0 Å². The van der Waals surface area contributed by atoms with Gasteiger partial charge < -0.3 is 9.64 Å². The van der Waals surface area contributed by atoms with Gasteiger partial charge in [-0.3, -0.25) is 0 Å². The molecule has 0 saturated carbocycles. The van der Waals surface area contributed by atoms with Gasteiger partial charge in [-0.2, -0.15) is 9.57 Å². The fraction of sp³-hybridized carbons (Fsp3) is 0.500. The Balaban J connectivity index is 2.07. The molecular formula is C14H17F3N3O3S+. The molecule has 6 nitrogen and oxygen atoms in total. The van der Waals surface area contributed by atoms with Crippen LogP contribution in [0.2, 0.25) is 0 Å². The quantitative estimate of drug-likeness (QED) is 0.839. The summed E-state index contributed by atoms with van der Waals surface area (Å²) in [5.41, 5.74) is 0. The summed E-state index contributed by atoms with van der Waals surface area (Å²) in [6.45, 7) is 3.29. The van der Waals surface area contributed by atoms with E-state index in [-0.39, 0.29) is 24.0 Å². The summed E-state index contributed by atoms with van der Waals surface area (Å²) in [4.78, 5) is 0.923. The molecule has 0 amide bonds. The molecule has 1 aliphatic rings. The van der Waals surface area contributed by atoms with Crippen molar-refractivity contribution in [3.05, 3.63) is 24.3 Å². The zero-order chi connectivity index (χ0) is 18.0. The Kier molecular flexibility index (Phi) is 5.37. The van der Waals surface area contributed by atoms with Gasteiger partial charge in [0.2, 0.25) is 10.0 Å². The number of sulfonamides is 1. The van der Waals surface area contributed by atoms with Gasteiger partial charge in [0.15, 0.2) is 6.04 Å². The Morgan fingerprint density at radius 3 is 2.25 bits per heavy atom. The summed E-state index contributed by atoms with van der Waals surface area (Å²) in [6, 6.07) is 6.05. The molecule has 1 aliphatic heterocycles. The third-order valence-corrected chi connectivity index (χ3v) is 5.78. The van der Waals surface area contributed by atoms with E-state index >= 15 is 0 Å². The van der Waals surface area contributed by atoms with E-state index < -0.39 is 22.1 Å². The summed E-state index contributed by atoms with van der Waals surface area (Å²) in [5.74, 6) is -0.474. The van der Waals surface area contributed by atoms with E-state index in [1.165, 1.54) is 4.31 Å². The maximum Gasteiger partial charge on any atom is 0.573 e. The van der Waals surface area contributed by atoms with E-state index in [1.807, 2.05) is 0 Å². The van der Waals surface area contributed by atoms with Crippen LogP contribution in [0.1, 0.15) is 6.92 Å². The van der Waals surface area contributed by atoms with Crippen molar-refractivity contribution < 1.29 is 31.2 Å². The van der Waals surface area contributed by atoms with E-state index in [9.17, 15) is 21.6 Å². The topological polar surface area (TPSA) is 74.8 Å². The number of nitrogens with zero attached hydrogens (tertiary/aromatic N) is 2. The minimum Gasteiger partial charge on any atom is -0.406 e. The van der Waals surface area contributed by atoms with Crippen molar-refractivity contribution in [3.8, 4) is 11.8 Å². The number of alkyl halides is 3. The largest absolute Gasteiger partial charge is 0.573 e. The molecule has 1 heterocycles. The van der Waals surface area contributed by atoms with Gasteiger partial charge in [-0.05, 0) is 24.3 Å². The number of benzene rings is 1. The summed E-state index contributed by atoms with van der Waals surface area (Å²) in [5, 5.41) is 8.90. The van der Waals surface area contributed by atoms with E-state index in [2.05, 4.69) is 10.8 Å². The number of piperazine rings is 1. The van der Waals surface area contributed by atoms with E-state index in [4.69, 9.17) is 5.26 Å². The van der Waals surface area contributed by atoms with Crippen LogP contribution in [0.4, 0.5) is 13.2 Å². The highest BCUT2D eigenvalue weighted by Gasteiger charge is 2.33. The minimum absolute atomic E-state index is 0.0891. The van der Waals surface area contributed by atoms with Gasteiger partial charge in [-0.25, -0.2) is 8.42 Å². The van der Waals surface area contributed by atoms with E-state index in [1.54, 1.807) is 6.92 Å². The molecule has 132 valence electrons. The Labute approximate surface area is 138 Å². The molecule has 1 fully saturated rings. The molecule has 0 aromatic heterocycles. The van der Waals surface area contributed by atoms with Crippen LogP contribution in [0, 0.1) is 11.3 Å². The zero-order valence-corrected chi connectivity index (χ0v) is 13.7. The first-order valence-corrected chi connectivity index (χ1v) is 8.67. The lowest BCUT2D eigenvalue weighted by atomic mass is 10.2. The van der Waals surface area contributed by atoms with E-state index in [0.717, 1.165) is 29.2 Å². The molecule has 1 aromatic rings. The molecule has 1 N–H and O–H groups in total. The van der Waals surface area contributed by atoms with Gasteiger partial charge in [-0.1, -0.05) is 0 Å². The molecule has 0 radical (unpaired) electrons. The molecule has 0 bridgehead atoms. The van der Waals surface area contributed by atoms with Gasteiger partial charge in [0.25, 0.3) is 0 Å². The monoisotopic (exact) mass is 364 g/mol. The molecule has 0 unspecified atom stereocenters. The molecule has 1 aromatic carbocycles. The van der Waals surface area contributed by atoms with Crippen molar-refractivity contribution in [2.24, 2.45) is 0 Å². The molecule has 24 heavy (non-hydrogen) atoms. The number of hydrogen-bond donors (Lipinski definition) is 1. The standard InChI is InChI=1S/C14H16F3N3O3S/c1-11(10-18)19-6-8-20(9-7-19)24(21,22)13-4-2-12(3-5-13)23-14(15,16)17/h2-5,11H,6-9H2,1H3/p+1/t11-/m0/s1. The number of nitriles is 1. The van der Waals surface area contributed by atoms with Gasteiger partial charge in [0.1, 0.15) is 11.8 Å². The van der Waals surface area contributed by atoms with Gasteiger partial charge in [0, 0.05) is 6.92 Å². The first-order valence-electron chi connectivity index (χ1n) is 7.23. The fourth-order valence-electron chi connectivity index (χ4n) is 2.50. The van der Waals surface area contributed by atoms with E-state index in [0.29, 0.717) is 13.1 Å². The van der Waals surface area contributed by atoms with Crippen LogP contribution in [-0.4, -0.2) is 51.3 Å². The van der Waals surface area contributed by atoms with Crippen molar-refractivity contribution in [2.45, 2.75) is 24.2 Å². The normalized spacial score (nSPS) is 18.8. The highest BCUT2D eigenvalue weighted by molar-refractivity contribution is 7.89. The molecule has 1 saturated heterocycles. The first kappa shape index (κ1) is 18.5. The van der Waals surface area contributed by atoms with Gasteiger partial charge >= 0.3 is 6.36 Å². The highest BCUT2D eigenvalue weighted by atomic mass is 32.2. The van der Waals surface area contributed by atoms with Gasteiger partial charge in [-0.15, -0.1) is 13.2 Å². The summed E-state index contributed by atoms with van der Waals surface area (Å²) in [6.07, 6.45) is -4.82. The molecular weight excluding hydrogens is 347 g/mol. The van der Waals surface area contributed by atoms with Crippen molar-refractivity contribution in [2.75, 3.05) is 26.2 Å². The third-order valence-electron chi connectivity index (χ3n) is 3.87. The zero-order valence-electron chi connectivity index (χ0n) is 12.9. The molecule has 0 spiro atoms. The van der Waals surface area contributed by atoms with Crippen LogP contribution >= 0.6 is 0 Å². The van der Waals surface area contributed by atoms with Crippen LogP contribution in [-0.2, 0) is 10.0 Å². The van der Waals surface area contributed by atoms with Crippen molar-refractivity contribution in [1.82, 2.24) is 4.31 Å². The van der Waals surface area contributed by atoms with Crippen molar-refractivity contribution in [3.63, 3.8) is 0 Å². The molecule has 1 atom stereocenters. The van der Waals surface area contributed by atoms with Crippen LogP contribution in [0.5, 0.6) is 5.75 Å². The Morgan fingerprint density at radius 1 is 1.25 bits per heavy atom.